The Bertz CT molecular complexity index is 880. The third-order valence-corrected chi connectivity index (χ3v) is 4.36. The van der Waals surface area contributed by atoms with Gasteiger partial charge in [0.2, 0.25) is 5.95 Å². The first-order valence-corrected chi connectivity index (χ1v) is 8.03. The molecule has 0 aliphatic carbocycles. The van der Waals surface area contributed by atoms with Crippen LogP contribution in [-0.2, 0) is 6.42 Å². The van der Waals surface area contributed by atoms with Crippen LogP contribution in [-0.4, -0.2) is 16.5 Å². The van der Waals surface area contributed by atoms with E-state index < -0.39 is 0 Å². The zero-order chi connectivity index (χ0) is 15.8. The highest BCUT2D eigenvalue weighted by Gasteiger charge is 2.22. The predicted octanol–water partition coefficient (Wildman–Crippen LogP) is 4.94. The lowest BCUT2D eigenvalue weighted by Crippen LogP contribution is -2.16. The van der Waals surface area contributed by atoms with Crippen molar-refractivity contribution < 1.29 is 0 Å². The van der Waals surface area contributed by atoms with Crippen LogP contribution < -0.4 is 4.90 Å². The van der Waals surface area contributed by atoms with Crippen LogP contribution in [0.1, 0.15) is 5.56 Å². The van der Waals surface area contributed by atoms with E-state index in [-0.39, 0.29) is 0 Å². The molecule has 0 N–H and O–H groups in total. The minimum absolute atomic E-state index is 0.642. The summed E-state index contributed by atoms with van der Waals surface area (Å²) in [6.07, 6.45) is 3.87. The number of rotatable bonds is 2. The van der Waals surface area contributed by atoms with Gasteiger partial charge in [0.1, 0.15) is 0 Å². The summed E-state index contributed by atoms with van der Waals surface area (Å²) >= 11 is 12.1. The Morgan fingerprint density at radius 3 is 2.78 bits per heavy atom. The normalized spacial score (nSPS) is 13.2. The maximum atomic E-state index is 6.07. The van der Waals surface area contributed by atoms with Crippen molar-refractivity contribution in [2.24, 2.45) is 0 Å². The number of hydrogen-bond acceptors (Lipinski definition) is 3. The summed E-state index contributed by atoms with van der Waals surface area (Å²) in [7, 11) is 0. The summed E-state index contributed by atoms with van der Waals surface area (Å²) in [5, 5.41) is 1.44. The lowest BCUT2D eigenvalue weighted by Gasteiger charge is -2.17. The summed E-state index contributed by atoms with van der Waals surface area (Å²) in [4.78, 5) is 11.1. The number of anilines is 2. The average Bonchev–Trinajstić information content (AvgIpc) is 2.98. The zero-order valence-electron chi connectivity index (χ0n) is 12.1. The molecule has 2 heterocycles. The Balaban J connectivity index is 1.73. The largest absolute Gasteiger partial charge is 0.310 e. The van der Waals surface area contributed by atoms with Gasteiger partial charge in [-0.05, 0) is 48.4 Å². The van der Waals surface area contributed by atoms with Crippen LogP contribution in [0.4, 0.5) is 11.6 Å². The third-order valence-electron chi connectivity index (χ3n) is 3.89. The Morgan fingerprint density at radius 2 is 1.91 bits per heavy atom. The van der Waals surface area contributed by atoms with Crippen molar-refractivity contribution in [3.63, 3.8) is 0 Å². The van der Waals surface area contributed by atoms with Crippen LogP contribution in [0.25, 0.3) is 11.3 Å². The summed E-state index contributed by atoms with van der Waals surface area (Å²) in [6.45, 7) is 0.836. The molecule has 3 aromatic rings. The van der Waals surface area contributed by atoms with Gasteiger partial charge in [-0.25, -0.2) is 9.97 Å². The minimum atomic E-state index is 0.642. The van der Waals surface area contributed by atoms with Gasteiger partial charge in [0.25, 0.3) is 0 Å². The highest BCUT2D eigenvalue weighted by Crippen LogP contribution is 2.34. The Morgan fingerprint density at radius 1 is 1.04 bits per heavy atom. The van der Waals surface area contributed by atoms with Crippen molar-refractivity contribution in [1.82, 2.24) is 9.97 Å². The summed E-state index contributed by atoms with van der Waals surface area (Å²) in [5.74, 6) is 0.642. The molecule has 113 valence electrons. The second-order valence-corrected chi connectivity index (χ2v) is 6.24. The SMILES string of the molecule is Clc1cccc(-c2c[c]nc(N3CCc4cc(Cl)ccc43)n2)c1. The van der Waals surface area contributed by atoms with Gasteiger partial charge in [0, 0.05) is 27.8 Å². The fourth-order valence-electron chi connectivity index (χ4n) is 2.81. The first kappa shape index (κ1) is 14.5. The molecule has 0 saturated carbocycles. The number of benzene rings is 2. The molecule has 0 unspecified atom stereocenters. The molecule has 1 aromatic heterocycles. The fourth-order valence-corrected chi connectivity index (χ4v) is 3.20. The van der Waals surface area contributed by atoms with Gasteiger partial charge in [-0.2, -0.15) is 0 Å². The molecule has 23 heavy (non-hydrogen) atoms. The maximum Gasteiger partial charge on any atom is 0.231 e. The van der Waals surface area contributed by atoms with E-state index in [1.165, 1.54) is 5.56 Å². The van der Waals surface area contributed by atoms with E-state index in [1.807, 2.05) is 42.5 Å². The summed E-state index contributed by atoms with van der Waals surface area (Å²) in [5.41, 5.74) is 4.08. The molecular weight excluding hydrogens is 329 g/mol. The van der Waals surface area contributed by atoms with Crippen LogP contribution in [0.2, 0.25) is 10.0 Å². The second-order valence-electron chi connectivity index (χ2n) is 5.37. The topological polar surface area (TPSA) is 29.0 Å². The number of fused-ring (bicyclic) bond motifs is 1. The first-order chi connectivity index (χ1) is 11.2. The summed E-state index contributed by atoms with van der Waals surface area (Å²) < 4.78 is 0. The number of halogens is 2. The van der Waals surface area contributed by atoms with Crippen molar-refractivity contribution in [2.75, 3.05) is 11.4 Å². The highest BCUT2D eigenvalue weighted by molar-refractivity contribution is 6.31. The molecule has 0 fully saturated rings. The second kappa shape index (κ2) is 5.84. The Labute approximate surface area is 144 Å². The number of nitrogens with zero attached hydrogens (tertiary/aromatic N) is 3. The number of aromatic nitrogens is 2. The molecule has 3 nitrogen and oxygen atoms in total. The molecule has 0 atom stereocenters. The molecule has 2 aromatic carbocycles. The van der Waals surface area contributed by atoms with E-state index in [0.717, 1.165) is 34.9 Å². The van der Waals surface area contributed by atoms with Gasteiger partial charge in [0.05, 0.1) is 11.9 Å². The highest BCUT2D eigenvalue weighted by atomic mass is 35.5. The van der Waals surface area contributed by atoms with E-state index in [0.29, 0.717) is 11.0 Å². The van der Waals surface area contributed by atoms with Crippen molar-refractivity contribution >= 4 is 34.8 Å². The van der Waals surface area contributed by atoms with Crippen molar-refractivity contribution in [3.8, 4) is 11.3 Å². The van der Waals surface area contributed by atoms with Crippen LogP contribution >= 0.6 is 23.2 Å². The minimum Gasteiger partial charge on any atom is -0.310 e. The van der Waals surface area contributed by atoms with E-state index in [9.17, 15) is 0 Å². The van der Waals surface area contributed by atoms with Gasteiger partial charge >= 0.3 is 0 Å². The molecule has 0 spiro atoms. The van der Waals surface area contributed by atoms with Crippen LogP contribution in [0.15, 0.2) is 48.5 Å². The van der Waals surface area contributed by atoms with Crippen molar-refractivity contribution in [2.45, 2.75) is 6.42 Å². The van der Waals surface area contributed by atoms with Gasteiger partial charge in [-0.15, -0.1) is 0 Å². The molecule has 1 aliphatic heterocycles. The average molecular weight is 341 g/mol. The lowest BCUT2D eigenvalue weighted by atomic mass is 10.1. The fraction of sp³-hybridized carbons (Fsp3) is 0.111. The Hall–Kier alpha value is -2.10. The third kappa shape index (κ3) is 2.78. The molecule has 1 radical (unpaired) electrons. The molecule has 0 bridgehead atoms. The standard InChI is InChI=1S/C18H12Cl2N3/c19-14-3-1-2-12(10-14)16-6-8-21-18(22-16)23-9-7-13-11-15(20)4-5-17(13)23/h1-6,10-11H,7,9H2. The quantitative estimate of drug-likeness (QED) is 0.661. The van der Waals surface area contributed by atoms with Crippen LogP contribution in [0.3, 0.4) is 0 Å². The van der Waals surface area contributed by atoms with E-state index >= 15 is 0 Å². The van der Waals surface area contributed by atoms with E-state index in [2.05, 4.69) is 21.1 Å². The van der Waals surface area contributed by atoms with Crippen molar-refractivity contribution in [3.05, 3.63) is 70.3 Å². The molecule has 0 saturated heterocycles. The molecule has 0 amide bonds. The first-order valence-electron chi connectivity index (χ1n) is 7.28. The molecular formula is C18H12Cl2N3. The van der Waals surface area contributed by atoms with Gasteiger partial charge in [-0.3, -0.25) is 0 Å². The van der Waals surface area contributed by atoms with E-state index in [1.54, 1.807) is 6.07 Å². The van der Waals surface area contributed by atoms with Gasteiger partial charge < -0.3 is 4.90 Å². The van der Waals surface area contributed by atoms with Gasteiger partial charge in [0.15, 0.2) is 0 Å². The maximum absolute atomic E-state index is 6.07. The molecule has 5 heteroatoms. The molecule has 4 rings (SSSR count). The van der Waals surface area contributed by atoms with Crippen LogP contribution in [0, 0.1) is 6.20 Å². The molecule has 1 aliphatic rings. The van der Waals surface area contributed by atoms with Gasteiger partial charge in [-0.1, -0.05) is 35.3 Å². The predicted molar refractivity (Wildman–Crippen MR) is 93.5 cm³/mol. The smallest absolute Gasteiger partial charge is 0.231 e. The van der Waals surface area contributed by atoms with Crippen molar-refractivity contribution in [1.29, 1.82) is 0 Å². The monoisotopic (exact) mass is 340 g/mol. The lowest BCUT2D eigenvalue weighted by molar-refractivity contribution is 0.940. The van der Waals surface area contributed by atoms with E-state index in [4.69, 9.17) is 23.2 Å². The summed E-state index contributed by atoms with van der Waals surface area (Å²) in [6, 6.07) is 15.3. The zero-order valence-corrected chi connectivity index (χ0v) is 13.6. The van der Waals surface area contributed by atoms with Crippen LogP contribution in [0.5, 0.6) is 0 Å². The number of hydrogen-bond donors (Lipinski definition) is 0. The Kier molecular flexibility index (Phi) is 3.68.